The van der Waals surface area contributed by atoms with Crippen LogP contribution in [0.2, 0.25) is 0 Å². The molecule has 106 valence electrons. The summed E-state index contributed by atoms with van der Waals surface area (Å²) in [6.07, 6.45) is 6.85. The van der Waals surface area contributed by atoms with Gasteiger partial charge in [0.05, 0.1) is 0 Å². The van der Waals surface area contributed by atoms with Crippen LogP contribution in [0.4, 0.5) is 11.6 Å². The van der Waals surface area contributed by atoms with E-state index < -0.39 is 0 Å². The van der Waals surface area contributed by atoms with Crippen LogP contribution in [0.5, 0.6) is 0 Å². The lowest BCUT2D eigenvalue weighted by Gasteiger charge is -2.27. The Balaban J connectivity index is 2.09. The normalized spacial score (nSPS) is 17.5. The Morgan fingerprint density at radius 3 is 2.53 bits per heavy atom. The van der Waals surface area contributed by atoms with E-state index in [-0.39, 0.29) is 6.04 Å². The molecule has 0 saturated heterocycles. The van der Waals surface area contributed by atoms with E-state index in [1.807, 2.05) is 14.0 Å². The molecule has 1 unspecified atom stereocenters. The van der Waals surface area contributed by atoms with Gasteiger partial charge in [0, 0.05) is 38.8 Å². The van der Waals surface area contributed by atoms with Gasteiger partial charge in [-0.15, -0.1) is 0 Å². The average Bonchev–Trinajstić information content (AvgIpc) is 2.91. The van der Waals surface area contributed by atoms with Crippen molar-refractivity contribution in [2.24, 2.45) is 5.73 Å². The molecule has 0 spiro atoms. The summed E-state index contributed by atoms with van der Waals surface area (Å²) in [5.41, 5.74) is 5.83. The molecule has 1 aliphatic carbocycles. The van der Waals surface area contributed by atoms with Crippen LogP contribution in [0.3, 0.4) is 0 Å². The molecule has 1 aliphatic rings. The van der Waals surface area contributed by atoms with E-state index in [1.165, 1.54) is 25.7 Å². The van der Waals surface area contributed by atoms with Crippen molar-refractivity contribution in [3.63, 3.8) is 0 Å². The molecule has 1 atom stereocenters. The van der Waals surface area contributed by atoms with Gasteiger partial charge in [-0.25, -0.2) is 9.97 Å². The number of nitrogens with two attached hydrogens (primary N) is 1. The van der Waals surface area contributed by atoms with Crippen molar-refractivity contribution in [1.82, 2.24) is 9.97 Å². The van der Waals surface area contributed by atoms with Crippen LogP contribution in [0.15, 0.2) is 12.4 Å². The molecule has 0 amide bonds. The smallest absolute Gasteiger partial charge is 0.134 e. The summed E-state index contributed by atoms with van der Waals surface area (Å²) >= 11 is 0. The third kappa shape index (κ3) is 3.56. The minimum Gasteiger partial charge on any atom is -0.358 e. The number of nitrogens with zero attached hydrogens (tertiary/aromatic N) is 4. The van der Waals surface area contributed by atoms with Crippen LogP contribution < -0.4 is 15.5 Å². The summed E-state index contributed by atoms with van der Waals surface area (Å²) in [6.45, 7) is 2.80. The maximum Gasteiger partial charge on any atom is 0.134 e. The van der Waals surface area contributed by atoms with Gasteiger partial charge in [-0.2, -0.15) is 0 Å². The summed E-state index contributed by atoms with van der Waals surface area (Å²) in [6, 6.07) is 2.82. The molecule has 1 heterocycles. The molecule has 1 aromatic rings. The number of hydrogen-bond acceptors (Lipinski definition) is 5. The average molecular weight is 263 g/mol. The Kier molecular flexibility index (Phi) is 4.58. The van der Waals surface area contributed by atoms with Gasteiger partial charge in [-0.3, -0.25) is 0 Å². The van der Waals surface area contributed by atoms with Crippen LogP contribution in [-0.4, -0.2) is 42.7 Å². The summed E-state index contributed by atoms with van der Waals surface area (Å²) in [4.78, 5) is 13.1. The quantitative estimate of drug-likeness (QED) is 0.875. The number of aromatic nitrogens is 2. The zero-order valence-corrected chi connectivity index (χ0v) is 12.2. The molecular weight excluding hydrogens is 238 g/mol. The Labute approximate surface area is 115 Å². The summed E-state index contributed by atoms with van der Waals surface area (Å²) in [5.74, 6) is 1.94. The van der Waals surface area contributed by atoms with Gasteiger partial charge in [-0.1, -0.05) is 12.8 Å². The van der Waals surface area contributed by atoms with Gasteiger partial charge in [0.15, 0.2) is 0 Å². The van der Waals surface area contributed by atoms with Crippen LogP contribution in [0.25, 0.3) is 0 Å². The van der Waals surface area contributed by atoms with Crippen molar-refractivity contribution in [3.8, 4) is 0 Å². The van der Waals surface area contributed by atoms with Crippen molar-refractivity contribution < 1.29 is 0 Å². The molecule has 0 radical (unpaired) electrons. The summed E-state index contributed by atoms with van der Waals surface area (Å²) in [7, 11) is 4.15. The number of rotatable bonds is 5. The molecule has 1 fully saturated rings. The molecule has 1 aromatic heterocycles. The van der Waals surface area contributed by atoms with E-state index in [9.17, 15) is 0 Å². The van der Waals surface area contributed by atoms with Gasteiger partial charge in [0.25, 0.3) is 0 Å². The fourth-order valence-electron chi connectivity index (χ4n) is 2.74. The van der Waals surface area contributed by atoms with Crippen molar-refractivity contribution in [2.45, 2.75) is 44.7 Å². The third-order valence-corrected chi connectivity index (χ3v) is 3.82. The molecule has 0 aliphatic heterocycles. The molecule has 2 rings (SSSR count). The first-order valence-corrected chi connectivity index (χ1v) is 7.09. The first-order valence-electron chi connectivity index (χ1n) is 7.09. The van der Waals surface area contributed by atoms with Crippen molar-refractivity contribution >= 4 is 11.6 Å². The van der Waals surface area contributed by atoms with Crippen LogP contribution in [0.1, 0.15) is 32.6 Å². The highest BCUT2D eigenvalue weighted by atomic mass is 15.2. The topological polar surface area (TPSA) is 58.3 Å². The van der Waals surface area contributed by atoms with Gasteiger partial charge >= 0.3 is 0 Å². The molecule has 1 saturated carbocycles. The highest BCUT2D eigenvalue weighted by Crippen LogP contribution is 2.26. The predicted octanol–water partition coefficient (Wildman–Crippen LogP) is 1.64. The lowest BCUT2D eigenvalue weighted by molar-refractivity contribution is 0.645. The van der Waals surface area contributed by atoms with E-state index in [0.29, 0.717) is 6.04 Å². The second-order valence-corrected chi connectivity index (χ2v) is 5.64. The lowest BCUT2D eigenvalue weighted by Crippen LogP contribution is -2.34. The largest absolute Gasteiger partial charge is 0.358 e. The SMILES string of the molecule is CC(N)CN(C)c1cc(N(C)C2CCCC2)ncn1. The minimum atomic E-state index is 0.135. The standard InChI is InChI=1S/C14H25N5/c1-11(15)9-18(2)13-8-14(17-10-16-13)19(3)12-6-4-5-7-12/h8,10-12H,4-7,9,15H2,1-3H3. The molecule has 2 N–H and O–H groups in total. The summed E-state index contributed by atoms with van der Waals surface area (Å²) in [5, 5.41) is 0. The van der Waals surface area contributed by atoms with Crippen molar-refractivity contribution in [1.29, 1.82) is 0 Å². The first kappa shape index (κ1) is 14.1. The second kappa shape index (κ2) is 6.19. The maximum atomic E-state index is 5.83. The fraction of sp³-hybridized carbons (Fsp3) is 0.714. The van der Waals surface area contributed by atoms with E-state index >= 15 is 0 Å². The molecule has 0 aromatic carbocycles. The molecule has 5 heteroatoms. The Morgan fingerprint density at radius 2 is 1.89 bits per heavy atom. The Morgan fingerprint density at radius 1 is 1.26 bits per heavy atom. The van der Waals surface area contributed by atoms with Crippen LogP contribution in [-0.2, 0) is 0 Å². The van der Waals surface area contributed by atoms with Gasteiger partial charge in [0.1, 0.15) is 18.0 Å². The number of anilines is 2. The molecule has 19 heavy (non-hydrogen) atoms. The van der Waals surface area contributed by atoms with Crippen LogP contribution in [0, 0.1) is 0 Å². The van der Waals surface area contributed by atoms with Gasteiger partial charge < -0.3 is 15.5 Å². The molecular formula is C14H25N5. The van der Waals surface area contributed by atoms with E-state index in [4.69, 9.17) is 5.73 Å². The van der Waals surface area contributed by atoms with E-state index in [1.54, 1.807) is 6.33 Å². The van der Waals surface area contributed by atoms with E-state index in [2.05, 4.69) is 32.9 Å². The highest BCUT2D eigenvalue weighted by molar-refractivity contribution is 5.50. The first-order chi connectivity index (χ1) is 9.08. The predicted molar refractivity (Wildman–Crippen MR) is 79.6 cm³/mol. The zero-order valence-electron chi connectivity index (χ0n) is 12.2. The fourth-order valence-corrected chi connectivity index (χ4v) is 2.74. The van der Waals surface area contributed by atoms with Gasteiger partial charge in [-0.05, 0) is 19.8 Å². The van der Waals surface area contributed by atoms with E-state index in [0.717, 1.165) is 18.2 Å². The zero-order chi connectivity index (χ0) is 13.8. The highest BCUT2D eigenvalue weighted by Gasteiger charge is 2.21. The summed E-state index contributed by atoms with van der Waals surface area (Å²) < 4.78 is 0. The van der Waals surface area contributed by atoms with Crippen molar-refractivity contribution in [2.75, 3.05) is 30.4 Å². The number of hydrogen-bond donors (Lipinski definition) is 1. The monoisotopic (exact) mass is 263 g/mol. The maximum absolute atomic E-state index is 5.83. The van der Waals surface area contributed by atoms with Crippen molar-refractivity contribution in [3.05, 3.63) is 12.4 Å². The molecule has 0 bridgehead atoms. The third-order valence-electron chi connectivity index (χ3n) is 3.82. The Bertz CT molecular complexity index is 401. The number of likely N-dealkylation sites (N-methyl/N-ethyl adjacent to an activating group) is 1. The van der Waals surface area contributed by atoms with Crippen LogP contribution >= 0.6 is 0 Å². The second-order valence-electron chi connectivity index (χ2n) is 5.64. The molecule has 5 nitrogen and oxygen atoms in total. The minimum absolute atomic E-state index is 0.135. The Hall–Kier alpha value is -1.36. The lowest BCUT2D eigenvalue weighted by atomic mass is 10.2. The van der Waals surface area contributed by atoms with Gasteiger partial charge in [0.2, 0.25) is 0 Å².